The van der Waals surface area contributed by atoms with E-state index in [0.29, 0.717) is 25.3 Å². The summed E-state index contributed by atoms with van der Waals surface area (Å²) in [6, 6.07) is 7.24. The zero-order valence-corrected chi connectivity index (χ0v) is 16.7. The monoisotopic (exact) mass is 385 g/mol. The van der Waals surface area contributed by atoms with Gasteiger partial charge in [0.05, 0.1) is 5.92 Å². The number of anilines is 1. The predicted octanol–water partition coefficient (Wildman–Crippen LogP) is 0.397. The molecule has 1 amide bonds. The number of likely N-dealkylation sites (N-methyl/N-ethyl adjacent to an activating group) is 1. The number of hydrogen-bond donors (Lipinski definition) is 0. The van der Waals surface area contributed by atoms with Crippen LogP contribution in [0.1, 0.15) is 18.5 Å². The van der Waals surface area contributed by atoms with Gasteiger partial charge in [-0.15, -0.1) is 0 Å². The van der Waals surface area contributed by atoms with Crippen molar-refractivity contribution in [2.24, 2.45) is 20.0 Å². The Kier molecular flexibility index (Phi) is 5.96. The highest BCUT2D eigenvalue weighted by molar-refractivity contribution is 5.79. The topological polar surface area (TPSA) is 80.4 Å². The van der Waals surface area contributed by atoms with Crippen LogP contribution in [0.2, 0.25) is 0 Å². The van der Waals surface area contributed by atoms with Gasteiger partial charge >= 0.3 is 5.69 Å². The number of rotatable bonds is 5. The number of nitrogens with zero attached hydrogens (tertiary/aromatic N) is 5. The number of carbonyl (C=O) groups is 1. The third kappa shape index (κ3) is 4.16. The summed E-state index contributed by atoms with van der Waals surface area (Å²) in [5, 5.41) is 0. The zero-order chi connectivity index (χ0) is 20.3. The van der Waals surface area contributed by atoms with Crippen LogP contribution in [0.3, 0.4) is 0 Å². The zero-order valence-electron chi connectivity index (χ0n) is 16.7. The van der Waals surface area contributed by atoms with E-state index in [-0.39, 0.29) is 23.1 Å². The molecule has 150 valence electrons. The Hall–Kier alpha value is -2.90. The largest absolute Gasteiger partial charge is 0.357 e. The number of pyridine rings is 1. The summed E-state index contributed by atoms with van der Waals surface area (Å²) < 4.78 is 2.56. The van der Waals surface area contributed by atoms with Gasteiger partial charge in [0, 0.05) is 65.2 Å². The van der Waals surface area contributed by atoms with Crippen molar-refractivity contribution >= 4 is 11.7 Å². The average Bonchev–Trinajstić information content (AvgIpc) is 2.73. The van der Waals surface area contributed by atoms with Crippen LogP contribution in [0.5, 0.6) is 0 Å². The molecule has 28 heavy (non-hydrogen) atoms. The van der Waals surface area contributed by atoms with Gasteiger partial charge in [0.15, 0.2) is 0 Å². The maximum atomic E-state index is 12.9. The smallest absolute Gasteiger partial charge is 0.332 e. The van der Waals surface area contributed by atoms with Crippen LogP contribution in [0.15, 0.2) is 40.1 Å². The van der Waals surface area contributed by atoms with Gasteiger partial charge in [-0.25, -0.2) is 4.79 Å². The van der Waals surface area contributed by atoms with Gasteiger partial charge in [-0.3, -0.25) is 23.7 Å². The van der Waals surface area contributed by atoms with Crippen molar-refractivity contribution < 1.29 is 4.79 Å². The normalized spacial score (nSPS) is 16.8. The maximum absolute atomic E-state index is 12.9. The number of carbonyl (C=O) groups excluding carboxylic acids is 1. The third-order valence-electron chi connectivity index (χ3n) is 5.40. The fourth-order valence-corrected chi connectivity index (χ4v) is 3.66. The minimum Gasteiger partial charge on any atom is -0.357 e. The molecule has 0 saturated carbocycles. The first-order chi connectivity index (χ1) is 13.4. The first-order valence-corrected chi connectivity index (χ1v) is 9.55. The summed E-state index contributed by atoms with van der Waals surface area (Å²) in [5.41, 5.74) is 0.269. The summed E-state index contributed by atoms with van der Waals surface area (Å²) in [7, 11) is 4.94. The Morgan fingerprint density at radius 1 is 1.25 bits per heavy atom. The summed E-state index contributed by atoms with van der Waals surface area (Å²) in [6.45, 7) is 1.84. The minimum atomic E-state index is -0.358. The highest BCUT2D eigenvalue weighted by atomic mass is 16.2. The maximum Gasteiger partial charge on any atom is 0.332 e. The van der Waals surface area contributed by atoms with Crippen molar-refractivity contribution in [1.29, 1.82) is 0 Å². The molecule has 1 aliphatic rings. The first kappa shape index (κ1) is 19.9. The molecule has 0 bridgehead atoms. The molecule has 0 spiro atoms. The molecule has 1 unspecified atom stereocenters. The fourth-order valence-electron chi connectivity index (χ4n) is 3.66. The van der Waals surface area contributed by atoms with E-state index in [1.54, 1.807) is 18.1 Å². The summed E-state index contributed by atoms with van der Waals surface area (Å²) in [6.07, 6.45) is 4.11. The van der Waals surface area contributed by atoms with Crippen molar-refractivity contribution in [3.05, 3.63) is 57.0 Å². The Labute approximate surface area is 164 Å². The van der Waals surface area contributed by atoms with Crippen molar-refractivity contribution in [1.82, 2.24) is 19.0 Å². The lowest BCUT2D eigenvalue weighted by Gasteiger charge is -2.35. The molecule has 0 aliphatic carbocycles. The fraction of sp³-hybridized carbons (Fsp3) is 0.500. The predicted molar refractivity (Wildman–Crippen MR) is 107 cm³/mol. The molecular weight excluding hydrogens is 358 g/mol. The summed E-state index contributed by atoms with van der Waals surface area (Å²) in [5.74, 6) is 0.512. The van der Waals surface area contributed by atoms with Crippen molar-refractivity contribution in [3.8, 4) is 0 Å². The van der Waals surface area contributed by atoms with Gasteiger partial charge in [0.1, 0.15) is 5.82 Å². The second-order valence-corrected chi connectivity index (χ2v) is 7.36. The lowest BCUT2D eigenvalue weighted by molar-refractivity contribution is -0.134. The molecule has 0 aromatic carbocycles. The van der Waals surface area contributed by atoms with Crippen LogP contribution in [0.25, 0.3) is 0 Å². The molecule has 3 heterocycles. The number of aromatic nitrogens is 3. The highest BCUT2D eigenvalue weighted by Crippen LogP contribution is 2.22. The van der Waals surface area contributed by atoms with Gasteiger partial charge in [-0.05, 0) is 25.0 Å². The standard InChI is InChI=1S/C20H27N5O3/c1-22(12-9-16-8-4-5-10-21-16)19(27)15-7-6-11-25(14-15)17-13-18(26)24(3)20(28)23(17)2/h4-5,8,10,13,15H,6-7,9,11-12,14H2,1-3H3. The van der Waals surface area contributed by atoms with Crippen LogP contribution in [-0.2, 0) is 25.3 Å². The quantitative estimate of drug-likeness (QED) is 0.744. The molecule has 1 fully saturated rings. The number of piperidine rings is 1. The second-order valence-electron chi connectivity index (χ2n) is 7.36. The Bertz CT molecular complexity index is 951. The average molecular weight is 385 g/mol. The molecule has 1 aliphatic heterocycles. The van der Waals surface area contributed by atoms with Gasteiger partial charge in [-0.1, -0.05) is 6.07 Å². The SMILES string of the molecule is CN(CCc1ccccn1)C(=O)C1CCCN(c2cc(=O)n(C)c(=O)n2C)C1. The molecule has 2 aromatic heterocycles. The lowest BCUT2D eigenvalue weighted by Crippen LogP contribution is -2.47. The number of amides is 1. The molecule has 1 saturated heterocycles. The van der Waals surface area contributed by atoms with Gasteiger partial charge in [0.2, 0.25) is 5.91 Å². The van der Waals surface area contributed by atoms with E-state index < -0.39 is 0 Å². The van der Waals surface area contributed by atoms with Crippen molar-refractivity contribution in [3.63, 3.8) is 0 Å². The Morgan fingerprint density at radius 3 is 2.75 bits per heavy atom. The van der Waals surface area contributed by atoms with Crippen molar-refractivity contribution in [2.75, 3.05) is 31.6 Å². The second kappa shape index (κ2) is 8.41. The third-order valence-corrected chi connectivity index (χ3v) is 5.40. The van der Waals surface area contributed by atoms with E-state index in [1.807, 2.05) is 30.1 Å². The van der Waals surface area contributed by atoms with Gasteiger partial charge < -0.3 is 9.80 Å². The Morgan fingerprint density at radius 2 is 2.04 bits per heavy atom. The molecule has 8 nitrogen and oxygen atoms in total. The van der Waals surface area contributed by atoms with Gasteiger partial charge in [-0.2, -0.15) is 0 Å². The molecule has 3 rings (SSSR count). The molecule has 8 heteroatoms. The molecular formula is C20H27N5O3. The summed E-state index contributed by atoms with van der Waals surface area (Å²) in [4.78, 5) is 45.2. The van der Waals surface area contributed by atoms with E-state index in [1.165, 1.54) is 17.7 Å². The van der Waals surface area contributed by atoms with E-state index in [4.69, 9.17) is 0 Å². The molecule has 0 radical (unpaired) electrons. The van der Waals surface area contributed by atoms with Gasteiger partial charge in [0.25, 0.3) is 5.56 Å². The molecule has 2 aromatic rings. The van der Waals surface area contributed by atoms with Crippen molar-refractivity contribution in [2.45, 2.75) is 19.3 Å². The van der Waals surface area contributed by atoms with E-state index in [0.717, 1.165) is 29.6 Å². The minimum absolute atomic E-state index is 0.0921. The number of hydrogen-bond acceptors (Lipinski definition) is 5. The molecule has 1 atom stereocenters. The first-order valence-electron chi connectivity index (χ1n) is 9.55. The lowest BCUT2D eigenvalue weighted by atomic mass is 9.96. The van der Waals surface area contributed by atoms with Crippen LogP contribution >= 0.6 is 0 Å². The van der Waals surface area contributed by atoms with Crippen LogP contribution in [-0.4, -0.2) is 51.6 Å². The van der Waals surface area contributed by atoms with E-state index in [2.05, 4.69) is 4.98 Å². The van der Waals surface area contributed by atoms with Crippen LogP contribution in [0, 0.1) is 5.92 Å². The van der Waals surface area contributed by atoms with Crippen LogP contribution in [0.4, 0.5) is 5.82 Å². The Balaban J connectivity index is 1.68. The molecule has 0 N–H and O–H groups in total. The van der Waals surface area contributed by atoms with E-state index >= 15 is 0 Å². The van der Waals surface area contributed by atoms with E-state index in [9.17, 15) is 14.4 Å². The highest BCUT2D eigenvalue weighted by Gasteiger charge is 2.29. The summed E-state index contributed by atoms with van der Waals surface area (Å²) >= 11 is 0. The van der Waals surface area contributed by atoms with Crippen LogP contribution < -0.4 is 16.1 Å².